The number of hydrogen-bond acceptors (Lipinski definition) is 5. The normalized spacial score (nSPS) is 15.9. The van der Waals surface area contributed by atoms with Crippen LogP contribution in [0, 0.1) is 6.92 Å². The SMILES string of the molecule is CCC(CC)Nc1c2c(nc3c(-c4ccc(OC)cc4Cl)c(C)nn13)CCC2O. The third-order valence-electron chi connectivity index (χ3n) is 5.81. The van der Waals surface area contributed by atoms with Gasteiger partial charge in [0.05, 0.1) is 35.2 Å². The molecule has 1 atom stereocenters. The van der Waals surface area contributed by atoms with Crippen LogP contribution in [0.4, 0.5) is 5.82 Å². The maximum absolute atomic E-state index is 10.6. The molecule has 6 nitrogen and oxygen atoms in total. The lowest BCUT2D eigenvalue weighted by Gasteiger charge is -2.21. The molecule has 29 heavy (non-hydrogen) atoms. The lowest BCUT2D eigenvalue weighted by atomic mass is 10.1. The predicted molar refractivity (Wildman–Crippen MR) is 116 cm³/mol. The number of fused-ring (bicyclic) bond motifs is 2. The van der Waals surface area contributed by atoms with E-state index in [9.17, 15) is 5.11 Å². The Morgan fingerprint density at radius 3 is 2.76 bits per heavy atom. The first-order valence-corrected chi connectivity index (χ1v) is 10.6. The average molecular weight is 415 g/mol. The number of aliphatic hydroxyl groups is 1. The van der Waals surface area contributed by atoms with Crippen molar-refractivity contribution in [2.75, 3.05) is 12.4 Å². The molecule has 0 fully saturated rings. The van der Waals surface area contributed by atoms with E-state index in [1.165, 1.54) is 0 Å². The number of aromatic nitrogens is 3. The fourth-order valence-electron chi connectivity index (χ4n) is 4.14. The maximum Gasteiger partial charge on any atom is 0.165 e. The molecule has 1 aliphatic carbocycles. The molecule has 0 spiro atoms. The molecule has 0 aliphatic heterocycles. The number of ether oxygens (including phenoxy) is 1. The van der Waals surface area contributed by atoms with E-state index in [1.807, 2.05) is 23.6 Å². The Labute approximate surface area is 175 Å². The molecule has 0 radical (unpaired) electrons. The zero-order valence-electron chi connectivity index (χ0n) is 17.3. The van der Waals surface area contributed by atoms with Crippen molar-refractivity contribution in [2.24, 2.45) is 0 Å². The van der Waals surface area contributed by atoms with Crippen LogP contribution in [-0.2, 0) is 6.42 Å². The van der Waals surface area contributed by atoms with Crippen molar-refractivity contribution in [3.05, 3.63) is 40.2 Å². The first-order valence-electron chi connectivity index (χ1n) is 10.2. The first kappa shape index (κ1) is 20.0. The summed E-state index contributed by atoms with van der Waals surface area (Å²) in [7, 11) is 1.62. The van der Waals surface area contributed by atoms with Crippen molar-refractivity contribution < 1.29 is 9.84 Å². The van der Waals surface area contributed by atoms with Crippen LogP contribution in [0.15, 0.2) is 18.2 Å². The number of aliphatic hydroxyl groups excluding tert-OH is 1. The smallest absolute Gasteiger partial charge is 0.165 e. The zero-order valence-corrected chi connectivity index (χ0v) is 18.0. The highest BCUT2D eigenvalue weighted by molar-refractivity contribution is 6.33. The number of nitrogens with one attached hydrogen (secondary N) is 1. The van der Waals surface area contributed by atoms with Crippen molar-refractivity contribution in [2.45, 2.75) is 58.6 Å². The number of methoxy groups -OCH3 is 1. The van der Waals surface area contributed by atoms with Crippen LogP contribution < -0.4 is 10.1 Å². The zero-order chi connectivity index (χ0) is 20.7. The van der Waals surface area contributed by atoms with Crippen molar-refractivity contribution >= 4 is 23.1 Å². The first-order chi connectivity index (χ1) is 14.0. The number of nitrogens with zero attached hydrogens (tertiary/aromatic N) is 3. The summed E-state index contributed by atoms with van der Waals surface area (Å²) < 4.78 is 7.13. The molecule has 2 aromatic heterocycles. The summed E-state index contributed by atoms with van der Waals surface area (Å²) in [6.07, 6.45) is 2.90. The van der Waals surface area contributed by atoms with Gasteiger partial charge in [-0.15, -0.1) is 0 Å². The van der Waals surface area contributed by atoms with Gasteiger partial charge in [-0.25, -0.2) is 4.98 Å². The average Bonchev–Trinajstić information content (AvgIpc) is 3.25. The van der Waals surface area contributed by atoms with E-state index in [0.717, 1.165) is 58.8 Å². The molecule has 154 valence electrons. The summed E-state index contributed by atoms with van der Waals surface area (Å²) in [4.78, 5) is 4.92. The molecule has 1 aromatic carbocycles. The Morgan fingerprint density at radius 2 is 2.10 bits per heavy atom. The van der Waals surface area contributed by atoms with E-state index in [-0.39, 0.29) is 0 Å². The van der Waals surface area contributed by atoms with Crippen LogP contribution >= 0.6 is 11.6 Å². The number of benzene rings is 1. The van der Waals surface area contributed by atoms with Gasteiger partial charge in [0.25, 0.3) is 0 Å². The Balaban J connectivity index is 1.96. The monoisotopic (exact) mass is 414 g/mol. The van der Waals surface area contributed by atoms with Gasteiger partial charge in [-0.05, 0) is 50.8 Å². The third kappa shape index (κ3) is 3.34. The predicted octanol–water partition coefficient (Wildman–Crippen LogP) is 4.95. The standard InChI is InChI=1S/C22H27ClN4O2/c1-5-13(6-2)24-22-20-17(9-10-18(20)28)25-21-19(12(3)26-27(21)22)15-8-7-14(29-4)11-16(15)23/h7-8,11,13,18,24,28H,5-6,9-10H2,1-4H3. The Bertz CT molecular complexity index is 1060. The van der Waals surface area contributed by atoms with Crippen molar-refractivity contribution in [3.8, 4) is 16.9 Å². The molecular formula is C22H27ClN4O2. The number of anilines is 1. The molecule has 0 saturated carbocycles. The van der Waals surface area contributed by atoms with E-state index < -0.39 is 6.10 Å². The van der Waals surface area contributed by atoms with Crippen molar-refractivity contribution in [1.29, 1.82) is 0 Å². The topological polar surface area (TPSA) is 71.7 Å². The van der Waals surface area contributed by atoms with Gasteiger partial charge >= 0.3 is 0 Å². The second kappa shape index (κ2) is 7.84. The molecule has 3 aromatic rings. The van der Waals surface area contributed by atoms with Crippen molar-refractivity contribution in [3.63, 3.8) is 0 Å². The van der Waals surface area contributed by atoms with E-state index in [0.29, 0.717) is 23.2 Å². The molecule has 0 saturated heterocycles. The lowest BCUT2D eigenvalue weighted by Crippen LogP contribution is -2.21. The summed E-state index contributed by atoms with van der Waals surface area (Å²) >= 11 is 6.58. The van der Waals surface area contributed by atoms with Gasteiger partial charge in [0.15, 0.2) is 5.65 Å². The van der Waals surface area contributed by atoms with Gasteiger partial charge in [0.1, 0.15) is 11.6 Å². The van der Waals surface area contributed by atoms with Gasteiger partial charge < -0.3 is 15.2 Å². The minimum absolute atomic E-state index is 0.301. The summed E-state index contributed by atoms with van der Waals surface area (Å²) in [6, 6.07) is 5.95. The molecule has 1 unspecified atom stereocenters. The minimum Gasteiger partial charge on any atom is -0.497 e. The maximum atomic E-state index is 10.6. The number of aryl methyl sites for hydroxylation is 2. The molecule has 2 heterocycles. The molecule has 7 heteroatoms. The highest BCUT2D eigenvalue weighted by Gasteiger charge is 2.30. The minimum atomic E-state index is -0.517. The quantitative estimate of drug-likeness (QED) is 0.597. The summed E-state index contributed by atoms with van der Waals surface area (Å²) in [5.41, 5.74) is 5.20. The van der Waals surface area contributed by atoms with E-state index in [1.54, 1.807) is 13.2 Å². The molecule has 2 N–H and O–H groups in total. The van der Waals surface area contributed by atoms with Crippen LogP contribution in [0.5, 0.6) is 5.75 Å². The molecule has 4 rings (SSSR count). The van der Waals surface area contributed by atoms with Gasteiger partial charge in [-0.2, -0.15) is 9.61 Å². The summed E-state index contributed by atoms with van der Waals surface area (Å²) in [5.74, 6) is 1.56. The van der Waals surface area contributed by atoms with Crippen LogP contribution in [0.2, 0.25) is 5.02 Å². The fourth-order valence-corrected chi connectivity index (χ4v) is 4.40. The Hall–Kier alpha value is -2.31. The largest absolute Gasteiger partial charge is 0.497 e. The summed E-state index contributed by atoms with van der Waals surface area (Å²) in [6.45, 7) is 6.28. The highest BCUT2D eigenvalue weighted by atomic mass is 35.5. The van der Waals surface area contributed by atoms with Crippen LogP contribution in [0.25, 0.3) is 16.8 Å². The summed E-state index contributed by atoms with van der Waals surface area (Å²) in [5, 5.41) is 19.6. The van der Waals surface area contributed by atoms with Crippen LogP contribution in [0.3, 0.4) is 0 Å². The third-order valence-corrected chi connectivity index (χ3v) is 6.13. The van der Waals surface area contributed by atoms with Gasteiger partial charge in [0, 0.05) is 17.2 Å². The van der Waals surface area contributed by atoms with E-state index in [4.69, 9.17) is 26.4 Å². The number of halogens is 1. The van der Waals surface area contributed by atoms with Gasteiger partial charge in [-0.3, -0.25) is 0 Å². The fraction of sp³-hybridized carbons (Fsp3) is 0.455. The lowest BCUT2D eigenvalue weighted by molar-refractivity contribution is 0.180. The van der Waals surface area contributed by atoms with Crippen LogP contribution in [0.1, 0.15) is 56.2 Å². The Morgan fingerprint density at radius 1 is 1.34 bits per heavy atom. The molecule has 1 aliphatic rings. The highest BCUT2D eigenvalue weighted by Crippen LogP contribution is 2.41. The van der Waals surface area contributed by atoms with Crippen molar-refractivity contribution in [1.82, 2.24) is 14.6 Å². The van der Waals surface area contributed by atoms with E-state index in [2.05, 4.69) is 19.2 Å². The molecular weight excluding hydrogens is 388 g/mol. The Kier molecular flexibility index (Phi) is 5.40. The van der Waals surface area contributed by atoms with E-state index >= 15 is 0 Å². The second-order valence-corrected chi connectivity index (χ2v) is 7.98. The number of rotatable bonds is 6. The van der Waals surface area contributed by atoms with Crippen LogP contribution in [-0.4, -0.2) is 32.9 Å². The number of hydrogen-bond donors (Lipinski definition) is 2. The van der Waals surface area contributed by atoms with Gasteiger partial charge in [0.2, 0.25) is 0 Å². The molecule has 0 bridgehead atoms. The second-order valence-electron chi connectivity index (χ2n) is 7.57. The van der Waals surface area contributed by atoms with Gasteiger partial charge in [-0.1, -0.05) is 25.4 Å². The molecule has 0 amide bonds.